The van der Waals surface area contributed by atoms with Crippen LogP contribution < -0.4 is 5.32 Å². The van der Waals surface area contributed by atoms with E-state index in [0.29, 0.717) is 0 Å². The Balaban J connectivity index is 1.63. The van der Waals surface area contributed by atoms with E-state index in [1.165, 1.54) is 14.0 Å². The minimum atomic E-state index is -2.09. The van der Waals surface area contributed by atoms with Gasteiger partial charge in [-0.15, -0.1) is 0 Å². The Bertz CT molecular complexity index is 1130. The number of aliphatic carboxylic acids is 1. The average molecular weight is 716 g/mol. The molecule has 0 aromatic rings. The molecule has 18 atom stereocenters. The predicted molar refractivity (Wildman–Crippen MR) is 152 cm³/mol. The molecule has 4 rings (SSSR count). The third kappa shape index (κ3) is 8.83. The highest BCUT2D eigenvalue weighted by Crippen LogP contribution is 2.35. The fourth-order valence-corrected chi connectivity index (χ4v) is 6.22. The number of esters is 2. The molecule has 4 saturated heterocycles. The van der Waals surface area contributed by atoms with Gasteiger partial charge in [-0.1, -0.05) is 0 Å². The van der Waals surface area contributed by atoms with Crippen molar-refractivity contribution in [3.63, 3.8) is 0 Å². The van der Waals surface area contributed by atoms with Crippen LogP contribution >= 0.6 is 0 Å². The van der Waals surface area contributed by atoms with Gasteiger partial charge in [0.1, 0.15) is 48.8 Å². The van der Waals surface area contributed by atoms with Gasteiger partial charge in [0.2, 0.25) is 0 Å². The summed E-state index contributed by atoms with van der Waals surface area (Å²) in [5, 5.41) is 85.7. The molecule has 0 radical (unpaired) electrons. The van der Waals surface area contributed by atoms with Crippen LogP contribution in [-0.4, -0.2) is 196 Å². The lowest BCUT2D eigenvalue weighted by Crippen LogP contribution is -2.66. The summed E-state index contributed by atoms with van der Waals surface area (Å²) in [6, 6.07) is -0.733. The standard InChI is InChI=1S/C28H45NO20/c1-8(31)14-19(11(34)5-29-14)46-27-18(38)22(41-4)20(12(6-30)45-27)47-28-24(21(44-10(3)33)13(7-42-28)43-9(2)32)49-26-17(37)15(35)16(36)23(48-26)25(39)40/h8,11-24,26-31,34-38H,5-7H2,1-4H3,(H,39,40)/t8-,11+,12-,13+,14-,15+,16+,17+,18-,19+,20-,21+,22-,23-,24-,26-,27-,28+/m1/s1. The van der Waals surface area contributed by atoms with Crippen molar-refractivity contribution in [3.05, 3.63) is 0 Å². The second-order valence-electron chi connectivity index (χ2n) is 12.1. The Labute approximate surface area is 279 Å². The van der Waals surface area contributed by atoms with Crippen molar-refractivity contribution >= 4 is 17.9 Å². The van der Waals surface area contributed by atoms with Crippen molar-refractivity contribution in [1.82, 2.24) is 5.32 Å². The molecule has 0 bridgehead atoms. The number of rotatable bonds is 12. The largest absolute Gasteiger partial charge is 0.479 e. The van der Waals surface area contributed by atoms with E-state index in [-0.39, 0.29) is 6.54 Å². The van der Waals surface area contributed by atoms with Crippen LogP contribution in [0.25, 0.3) is 0 Å². The van der Waals surface area contributed by atoms with Crippen LogP contribution in [0.1, 0.15) is 20.8 Å². The van der Waals surface area contributed by atoms with Crippen LogP contribution in [0, 0.1) is 0 Å². The number of nitrogens with one attached hydrogen (secondary N) is 1. The normalized spacial score (nSPS) is 45.0. The lowest BCUT2D eigenvalue weighted by molar-refractivity contribution is -0.380. The number of hydrogen-bond acceptors (Lipinski definition) is 20. The number of carbonyl (C=O) groups excluding carboxylic acids is 2. The van der Waals surface area contributed by atoms with Gasteiger partial charge >= 0.3 is 17.9 Å². The second-order valence-corrected chi connectivity index (χ2v) is 12.1. The van der Waals surface area contributed by atoms with Crippen LogP contribution in [0.2, 0.25) is 0 Å². The minimum absolute atomic E-state index is 0.0762. The third-order valence-corrected chi connectivity index (χ3v) is 8.57. The van der Waals surface area contributed by atoms with Crippen LogP contribution in [0.5, 0.6) is 0 Å². The zero-order valence-corrected chi connectivity index (χ0v) is 27.0. The summed E-state index contributed by atoms with van der Waals surface area (Å²) in [5.41, 5.74) is 0. The minimum Gasteiger partial charge on any atom is -0.479 e. The summed E-state index contributed by atoms with van der Waals surface area (Å²) >= 11 is 0. The average Bonchev–Trinajstić information content (AvgIpc) is 3.40. The quantitative estimate of drug-likeness (QED) is 0.0850. The molecule has 0 spiro atoms. The van der Waals surface area contributed by atoms with E-state index in [1.54, 1.807) is 0 Å². The number of aliphatic hydroxyl groups is 7. The van der Waals surface area contributed by atoms with Gasteiger partial charge in [-0.2, -0.15) is 0 Å². The van der Waals surface area contributed by atoms with E-state index in [9.17, 15) is 55.2 Å². The summed E-state index contributed by atoms with van der Waals surface area (Å²) in [6.07, 6.45) is -27.2. The first-order valence-corrected chi connectivity index (χ1v) is 15.5. The maximum Gasteiger partial charge on any atom is 0.335 e. The number of carbonyl (C=O) groups is 3. The molecule has 0 amide bonds. The van der Waals surface area contributed by atoms with E-state index < -0.39 is 141 Å². The topological polar surface area (TPSA) is 308 Å². The van der Waals surface area contributed by atoms with Gasteiger partial charge in [-0.3, -0.25) is 9.59 Å². The van der Waals surface area contributed by atoms with Crippen LogP contribution in [0.15, 0.2) is 0 Å². The molecule has 21 nitrogen and oxygen atoms in total. The van der Waals surface area contributed by atoms with Gasteiger partial charge < -0.3 is 88.8 Å². The summed E-state index contributed by atoms with van der Waals surface area (Å²) < 4.78 is 50.8. The summed E-state index contributed by atoms with van der Waals surface area (Å²) in [6.45, 7) is 2.39. The molecule has 282 valence electrons. The number of methoxy groups -OCH3 is 1. The van der Waals surface area contributed by atoms with Crippen LogP contribution in [0.3, 0.4) is 0 Å². The molecular weight excluding hydrogens is 670 g/mol. The Morgan fingerprint density at radius 2 is 1.41 bits per heavy atom. The van der Waals surface area contributed by atoms with Crippen molar-refractivity contribution in [2.24, 2.45) is 0 Å². The van der Waals surface area contributed by atoms with Gasteiger partial charge in [-0.25, -0.2) is 4.79 Å². The number of hydrogen-bond donors (Lipinski definition) is 9. The molecule has 4 fully saturated rings. The lowest BCUT2D eigenvalue weighted by atomic mass is 9.97. The molecule has 4 heterocycles. The first kappa shape index (κ1) is 39.6. The van der Waals surface area contributed by atoms with Crippen molar-refractivity contribution < 1.29 is 97.9 Å². The van der Waals surface area contributed by atoms with Gasteiger partial charge in [-0.05, 0) is 6.92 Å². The highest BCUT2D eigenvalue weighted by molar-refractivity contribution is 5.73. The number of carboxylic acids is 1. The number of β-amino-alcohol motifs (C(OH)–C–C–N with tert-alkyl or cyclic N) is 1. The fourth-order valence-electron chi connectivity index (χ4n) is 6.22. The highest BCUT2D eigenvalue weighted by atomic mass is 16.8. The number of ether oxygens (including phenoxy) is 9. The molecule has 4 aliphatic heterocycles. The van der Waals surface area contributed by atoms with Crippen molar-refractivity contribution in [1.29, 1.82) is 0 Å². The molecular formula is C28H45NO20. The lowest BCUT2D eigenvalue weighted by Gasteiger charge is -2.48. The van der Waals surface area contributed by atoms with Gasteiger partial charge in [0.15, 0.2) is 43.3 Å². The molecule has 0 saturated carbocycles. The Morgan fingerprint density at radius 1 is 0.796 bits per heavy atom. The maximum absolute atomic E-state index is 12.2. The Kier molecular flexibility index (Phi) is 13.6. The van der Waals surface area contributed by atoms with E-state index in [0.717, 1.165) is 13.8 Å². The highest BCUT2D eigenvalue weighted by Gasteiger charge is 2.56. The smallest absolute Gasteiger partial charge is 0.335 e. The first-order chi connectivity index (χ1) is 23.1. The molecule has 0 aromatic carbocycles. The van der Waals surface area contributed by atoms with Gasteiger partial charge in [0.05, 0.1) is 31.5 Å². The van der Waals surface area contributed by atoms with Gasteiger partial charge in [0, 0.05) is 27.5 Å². The number of aliphatic hydroxyl groups excluding tert-OH is 7. The maximum atomic E-state index is 12.2. The zero-order valence-electron chi connectivity index (χ0n) is 27.0. The molecule has 49 heavy (non-hydrogen) atoms. The van der Waals surface area contributed by atoms with Crippen molar-refractivity contribution in [3.8, 4) is 0 Å². The second kappa shape index (κ2) is 16.9. The van der Waals surface area contributed by atoms with Gasteiger partial charge in [0.25, 0.3) is 0 Å². The zero-order chi connectivity index (χ0) is 36.3. The van der Waals surface area contributed by atoms with Crippen LogP contribution in [0.4, 0.5) is 0 Å². The van der Waals surface area contributed by atoms with E-state index >= 15 is 0 Å². The van der Waals surface area contributed by atoms with Crippen LogP contribution in [-0.2, 0) is 57.0 Å². The molecule has 9 N–H and O–H groups in total. The summed E-state index contributed by atoms with van der Waals surface area (Å²) in [5.74, 6) is -3.44. The fraction of sp³-hybridized carbons (Fsp3) is 0.893. The molecule has 4 aliphatic rings. The monoisotopic (exact) mass is 715 g/mol. The summed E-state index contributed by atoms with van der Waals surface area (Å²) in [7, 11) is 1.20. The van der Waals surface area contributed by atoms with Crippen molar-refractivity contribution in [2.45, 2.75) is 131 Å². The predicted octanol–water partition coefficient (Wildman–Crippen LogP) is -5.94. The Morgan fingerprint density at radius 3 is 1.98 bits per heavy atom. The number of carboxylic acid groups (broad SMARTS) is 1. The molecule has 21 heteroatoms. The third-order valence-electron chi connectivity index (χ3n) is 8.57. The molecule has 0 unspecified atom stereocenters. The van der Waals surface area contributed by atoms with E-state index in [4.69, 9.17) is 42.6 Å². The SMILES string of the molecule is CO[C@@H]1[C@@H](O)[C@@H](O[C@@H]2[C@@H]([C@@H](C)O)NC[C@@H]2O)O[C@H](CO)[C@H]1O[C@@H]1OC[C@H](OC(C)=O)[C@H](OC(C)=O)[C@H]1O[C@H]1O[C@@H](C(=O)O)[C@@H](O)[C@H](O)[C@@H]1O. The molecule has 0 aliphatic carbocycles. The molecule has 0 aromatic heterocycles. The van der Waals surface area contributed by atoms with E-state index in [2.05, 4.69) is 5.32 Å². The Hall–Kier alpha value is -2.19. The summed E-state index contributed by atoms with van der Waals surface area (Å²) in [4.78, 5) is 35.8. The first-order valence-electron chi connectivity index (χ1n) is 15.5. The van der Waals surface area contributed by atoms with Crippen molar-refractivity contribution in [2.75, 3.05) is 26.9 Å². The van der Waals surface area contributed by atoms with E-state index in [1.807, 2.05) is 0 Å².